The van der Waals surface area contributed by atoms with E-state index in [1.54, 1.807) is 4.90 Å². The van der Waals surface area contributed by atoms with Gasteiger partial charge in [-0.3, -0.25) is 14.4 Å². The van der Waals surface area contributed by atoms with Gasteiger partial charge in [0.15, 0.2) is 0 Å². The van der Waals surface area contributed by atoms with Gasteiger partial charge in [0.05, 0.1) is 16.5 Å². The molecule has 0 aliphatic carbocycles. The van der Waals surface area contributed by atoms with Crippen molar-refractivity contribution in [3.05, 3.63) is 63.5 Å². The Hall–Kier alpha value is -2.74. The van der Waals surface area contributed by atoms with Gasteiger partial charge in [0, 0.05) is 35.9 Å². The van der Waals surface area contributed by atoms with E-state index < -0.39 is 34.6 Å². The summed E-state index contributed by atoms with van der Waals surface area (Å²) in [5.74, 6) is -1.06. The Morgan fingerprint density at radius 1 is 0.952 bits per heavy atom. The molecule has 1 aliphatic heterocycles. The maximum absolute atomic E-state index is 13.5. The molecule has 42 heavy (non-hydrogen) atoms. The van der Waals surface area contributed by atoms with Crippen molar-refractivity contribution in [2.45, 2.75) is 37.2 Å². The molecule has 2 aromatic carbocycles. The Morgan fingerprint density at radius 2 is 1.57 bits per heavy atom. The zero-order valence-corrected chi connectivity index (χ0v) is 26.2. The first-order valence-electron chi connectivity index (χ1n) is 13.3. The van der Waals surface area contributed by atoms with Gasteiger partial charge >= 0.3 is 0 Å². The number of aliphatic hydroxyl groups is 1. The number of thiophene rings is 1. The van der Waals surface area contributed by atoms with Crippen LogP contribution < -0.4 is 10.0 Å². The van der Waals surface area contributed by atoms with Crippen molar-refractivity contribution in [2.75, 3.05) is 32.8 Å². The predicted molar refractivity (Wildman–Crippen MR) is 163 cm³/mol. The SMILES string of the molecule is CC(C)CC(NC(=O)c1cc2ccccc2s1)C(=O)N1CCN(C(=O)[C@H](CO)NS(=O)(=O)c2ccc(Cl)cc2Cl)CC1. The standard InChI is InChI=1S/C28H32Cl2N4O6S2/c1-17(2)13-21(31-26(36)24-14-18-5-3-4-6-23(18)41-24)27(37)33-9-11-34(12-10-33)28(38)22(16-35)32-42(39,40)25-8-7-19(29)15-20(25)30/h3-8,14-15,17,21-22,32,35H,9-13,16H2,1-2H3,(H,31,36)/t21?,22-/m0/s1. The van der Waals surface area contributed by atoms with Crippen LogP contribution in [0.3, 0.4) is 0 Å². The lowest BCUT2D eigenvalue weighted by Crippen LogP contribution is -2.59. The van der Waals surface area contributed by atoms with E-state index in [4.69, 9.17) is 23.2 Å². The number of hydrogen-bond acceptors (Lipinski definition) is 7. The second-order valence-electron chi connectivity index (χ2n) is 10.4. The van der Waals surface area contributed by atoms with Crippen LogP contribution in [0.2, 0.25) is 10.0 Å². The highest BCUT2D eigenvalue weighted by molar-refractivity contribution is 7.89. The normalized spacial score (nSPS) is 15.6. The highest BCUT2D eigenvalue weighted by Crippen LogP contribution is 2.26. The number of aliphatic hydroxyl groups excluding tert-OH is 1. The van der Waals surface area contributed by atoms with Crippen LogP contribution in [0.5, 0.6) is 0 Å². The minimum Gasteiger partial charge on any atom is -0.394 e. The molecule has 1 aromatic heterocycles. The third-order valence-electron chi connectivity index (χ3n) is 6.82. The first-order valence-corrected chi connectivity index (χ1v) is 16.4. The highest BCUT2D eigenvalue weighted by atomic mass is 35.5. The number of nitrogens with one attached hydrogen (secondary N) is 2. The molecule has 3 amide bonds. The van der Waals surface area contributed by atoms with Crippen LogP contribution in [0.1, 0.15) is 29.9 Å². The van der Waals surface area contributed by atoms with Crippen LogP contribution in [0, 0.1) is 5.92 Å². The average Bonchev–Trinajstić information content (AvgIpc) is 3.39. The first-order chi connectivity index (χ1) is 19.9. The lowest BCUT2D eigenvalue weighted by molar-refractivity contribution is -0.142. The Morgan fingerprint density at radius 3 is 2.14 bits per heavy atom. The number of rotatable bonds is 10. The fourth-order valence-electron chi connectivity index (χ4n) is 4.71. The fraction of sp³-hybridized carbons (Fsp3) is 0.393. The molecule has 0 radical (unpaired) electrons. The number of nitrogens with zero attached hydrogens (tertiary/aromatic N) is 2. The van der Waals surface area contributed by atoms with Crippen molar-refractivity contribution in [3.8, 4) is 0 Å². The van der Waals surface area contributed by atoms with Crippen LogP contribution >= 0.6 is 34.5 Å². The smallest absolute Gasteiger partial charge is 0.262 e. The van der Waals surface area contributed by atoms with E-state index in [9.17, 15) is 27.9 Å². The Balaban J connectivity index is 1.38. The van der Waals surface area contributed by atoms with Gasteiger partial charge in [-0.2, -0.15) is 4.72 Å². The Kier molecular flexibility index (Phi) is 10.5. The molecule has 4 rings (SSSR count). The van der Waals surface area contributed by atoms with E-state index in [2.05, 4.69) is 10.0 Å². The van der Waals surface area contributed by atoms with Crippen LogP contribution in [0.25, 0.3) is 10.1 Å². The second-order valence-corrected chi connectivity index (χ2v) is 14.0. The molecular weight excluding hydrogens is 623 g/mol. The number of carbonyl (C=O) groups is 3. The molecule has 3 aromatic rings. The van der Waals surface area contributed by atoms with Crippen molar-refractivity contribution in [1.82, 2.24) is 19.8 Å². The van der Waals surface area contributed by atoms with E-state index in [-0.39, 0.29) is 58.9 Å². The monoisotopic (exact) mass is 654 g/mol. The van der Waals surface area contributed by atoms with Crippen molar-refractivity contribution in [1.29, 1.82) is 0 Å². The summed E-state index contributed by atoms with van der Waals surface area (Å²) in [6.07, 6.45) is 0.441. The third kappa shape index (κ3) is 7.61. The topological polar surface area (TPSA) is 136 Å². The molecular formula is C28H32Cl2N4O6S2. The molecule has 3 N–H and O–H groups in total. The Labute approximate surface area is 258 Å². The van der Waals surface area contributed by atoms with Crippen LogP contribution in [0.4, 0.5) is 0 Å². The summed E-state index contributed by atoms with van der Waals surface area (Å²) in [6.45, 7) is 3.79. The Bertz CT molecular complexity index is 1540. The average molecular weight is 656 g/mol. The molecule has 1 unspecified atom stereocenters. The van der Waals surface area contributed by atoms with Gasteiger partial charge < -0.3 is 20.2 Å². The molecule has 1 fully saturated rings. The molecule has 10 nitrogen and oxygen atoms in total. The van der Waals surface area contributed by atoms with Gasteiger partial charge in [0.25, 0.3) is 5.91 Å². The zero-order valence-electron chi connectivity index (χ0n) is 23.0. The molecule has 0 spiro atoms. The largest absolute Gasteiger partial charge is 0.394 e. The number of piperazine rings is 1. The van der Waals surface area contributed by atoms with E-state index in [0.29, 0.717) is 11.3 Å². The van der Waals surface area contributed by atoms with E-state index >= 15 is 0 Å². The summed E-state index contributed by atoms with van der Waals surface area (Å²) < 4.78 is 28.9. The maximum Gasteiger partial charge on any atom is 0.262 e. The number of amides is 3. The van der Waals surface area contributed by atoms with Crippen molar-refractivity contribution in [2.24, 2.45) is 5.92 Å². The van der Waals surface area contributed by atoms with Gasteiger partial charge in [0.1, 0.15) is 17.0 Å². The molecule has 0 saturated carbocycles. The predicted octanol–water partition coefficient (Wildman–Crippen LogP) is 3.36. The van der Waals surface area contributed by atoms with Crippen LogP contribution in [0.15, 0.2) is 53.4 Å². The molecule has 1 saturated heterocycles. The lowest BCUT2D eigenvalue weighted by Gasteiger charge is -2.38. The zero-order chi connectivity index (χ0) is 30.6. The second kappa shape index (κ2) is 13.7. The number of halogens is 2. The molecule has 0 bridgehead atoms. The van der Waals surface area contributed by atoms with Crippen molar-refractivity contribution in [3.63, 3.8) is 0 Å². The number of sulfonamides is 1. The minimum absolute atomic E-state index is 0.123. The van der Waals surface area contributed by atoms with E-state index in [1.165, 1.54) is 34.4 Å². The first kappa shape index (κ1) is 32.2. The molecule has 2 heterocycles. The maximum atomic E-state index is 13.5. The number of fused-ring (bicyclic) bond motifs is 1. The van der Waals surface area contributed by atoms with E-state index in [0.717, 1.165) is 10.1 Å². The van der Waals surface area contributed by atoms with Crippen LogP contribution in [-0.4, -0.2) is 85.9 Å². The van der Waals surface area contributed by atoms with Gasteiger partial charge in [-0.05, 0) is 48.1 Å². The van der Waals surface area contributed by atoms with Gasteiger partial charge in [-0.15, -0.1) is 11.3 Å². The summed E-state index contributed by atoms with van der Waals surface area (Å²) in [6, 6.07) is 11.1. The number of benzene rings is 2. The van der Waals surface area contributed by atoms with Gasteiger partial charge in [-0.1, -0.05) is 55.2 Å². The van der Waals surface area contributed by atoms with Gasteiger partial charge in [0.2, 0.25) is 21.8 Å². The van der Waals surface area contributed by atoms with Gasteiger partial charge in [-0.25, -0.2) is 8.42 Å². The summed E-state index contributed by atoms with van der Waals surface area (Å²) >= 11 is 13.2. The summed E-state index contributed by atoms with van der Waals surface area (Å²) in [5, 5.41) is 13.8. The number of carbonyl (C=O) groups excluding carboxylic acids is 3. The number of hydrogen-bond donors (Lipinski definition) is 3. The lowest BCUT2D eigenvalue weighted by atomic mass is 10.0. The molecule has 226 valence electrons. The van der Waals surface area contributed by atoms with Crippen molar-refractivity contribution < 1.29 is 27.9 Å². The molecule has 1 aliphatic rings. The fourth-order valence-corrected chi connectivity index (χ4v) is 7.63. The highest BCUT2D eigenvalue weighted by Gasteiger charge is 2.34. The van der Waals surface area contributed by atoms with Crippen molar-refractivity contribution >= 4 is 72.4 Å². The molecule has 14 heteroatoms. The van der Waals surface area contributed by atoms with E-state index in [1.807, 2.05) is 44.2 Å². The quantitative estimate of drug-likeness (QED) is 0.307. The third-order valence-corrected chi connectivity index (χ3v) is 10.1. The summed E-state index contributed by atoms with van der Waals surface area (Å²) in [4.78, 5) is 42.9. The minimum atomic E-state index is -4.24. The summed E-state index contributed by atoms with van der Waals surface area (Å²) in [7, 11) is -4.24. The summed E-state index contributed by atoms with van der Waals surface area (Å²) in [5.41, 5.74) is 0. The van der Waals surface area contributed by atoms with Crippen LogP contribution in [-0.2, 0) is 19.6 Å². The molecule has 2 atom stereocenters.